The molecule has 0 aliphatic carbocycles. The topological polar surface area (TPSA) is 151 Å². The highest BCUT2D eigenvalue weighted by Crippen LogP contribution is 2.25. The molecule has 10 heteroatoms. The second-order valence-corrected chi connectivity index (χ2v) is 5.96. The summed E-state index contributed by atoms with van der Waals surface area (Å²) in [5, 5.41) is 13.5. The zero-order valence-electron chi connectivity index (χ0n) is 15.7. The monoisotopic (exact) mass is 401 g/mol. The fourth-order valence-electron chi connectivity index (χ4n) is 2.63. The Morgan fingerprint density at radius 1 is 1.14 bits per heavy atom. The Morgan fingerprint density at radius 3 is 2.41 bits per heavy atom. The molecule has 152 valence electrons. The molecule has 10 nitrogen and oxygen atoms in total. The minimum absolute atomic E-state index is 0.116. The lowest BCUT2D eigenvalue weighted by Crippen LogP contribution is -2.46. The van der Waals surface area contributed by atoms with Crippen LogP contribution in [0, 0.1) is 10.1 Å². The molecular weight excluding hydrogens is 382 g/mol. The van der Waals surface area contributed by atoms with Gasteiger partial charge in [0.1, 0.15) is 11.8 Å². The van der Waals surface area contributed by atoms with Crippen LogP contribution in [-0.2, 0) is 16.0 Å². The number of non-ortho nitro benzene ring substituents is 1. The van der Waals surface area contributed by atoms with Crippen molar-refractivity contribution in [2.24, 2.45) is 5.73 Å². The van der Waals surface area contributed by atoms with Crippen molar-refractivity contribution in [3.05, 3.63) is 69.3 Å². The number of benzene rings is 2. The first-order valence-corrected chi connectivity index (χ1v) is 8.36. The van der Waals surface area contributed by atoms with E-state index in [1.165, 1.54) is 56.7 Å². The molecule has 0 aliphatic rings. The minimum Gasteiger partial charge on any atom is -0.496 e. The molecule has 0 radical (unpaired) electrons. The summed E-state index contributed by atoms with van der Waals surface area (Å²) >= 11 is 0. The molecule has 0 unspecified atom stereocenters. The van der Waals surface area contributed by atoms with Crippen LogP contribution in [0.3, 0.4) is 0 Å². The number of hydrogen-bond donors (Lipinski definition) is 2. The Labute approximate surface area is 165 Å². The van der Waals surface area contributed by atoms with E-state index in [0.717, 1.165) is 0 Å². The van der Waals surface area contributed by atoms with Gasteiger partial charge in [-0.1, -0.05) is 6.07 Å². The number of carbonyl (C=O) groups excluding carboxylic acids is 3. The molecule has 2 aromatic carbocycles. The summed E-state index contributed by atoms with van der Waals surface area (Å²) in [6, 6.07) is 8.47. The van der Waals surface area contributed by atoms with E-state index in [0.29, 0.717) is 11.3 Å². The van der Waals surface area contributed by atoms with Gasteiger partial charge in [0.25, 0.3) is 11.6 Å². The van der Waals surface area contributed by atoms with E-state index in [2.05, 4.69) is 10.1 Å². The van der Waals surface area contributed by atoms with Crippen molar-refractivity contribution in [3.8, 4) is 5.75 Å². The quantitative estimate of drug-likeness (QED) is 0.383. The third-order valence-corrected chi connectivity index (χ3v) is 4.09. The van der Waals surface area contributed by atoms with Gasteiger partial charge in [0.05, 0.1) is 24.7 Å². The average molecular weight is 401 g/mol. The first kappa shape index (κ1) is 21.4. The molecule has 0 heterocycles. The number of nitro benzene ring substituents is 1. The highest BCUT2D eigenvalue weighted by Gasteiger charge is 2.23. The summed E-state index contributed by atoms with van der Waals surface area (Å²) in [6.07, 6.45) is -0.122. The van der Waals surface area contributed by atoms with Gasteiger partial charge in [0.15, 0.2) is 0 Å². The van der Waals surface area contributed by atoms with Crippen LogP contribution in [0.25, 0.3) is 0 Å². The van der Waals surface area contributed by atoms with Crippen molar-refractivity contribution >= 4 is 23.5 Å². The van der Waals surface area contributed by atoms with E-state index in [4.69, 9.17) is 10.5 Å². The molecule has 0 saturated heterocycles. The van der Waals surface area contributed by atoms with Crippen molar-refractivity contribution in [2.75, 3.05) is 14.2 Å². The van der Waals surface area contributed by atoms with Gasteiger partial charge in [-0.05, 0) is 24.3 Å². The van der Waals surface area contributed by atoms with Crippen molar-refractivity contribution in [3.63, 3.8) is 0 Å². The van der Waals surface area contributed by atoms with E-state index >= 15 is 0 Å². The summed E-state index contributed by atoms with van der Waals surface area (Å²) in [5.41, 5.74) is 5.81. The lowest BCUT2D eigenvalue weighted by Gasteiger charge is -2.17. The maximum absolute atomic E-state index is 12.5. The molecular formula is C19H19N3O7. The number of nitrogens with two attached hydrogens (primary N) is 1. The normalized spacial score (nSPS) is 11.2. The largest absolute Gasteiger partial charge is 0.496 e. The van der Waals surface area contributed by atoms with Gasteiger partial charge < -0.3 is 20.5 Å². The van der Waals surface area contributed by atoms with Crippen LogP contribution in [0.15, 0.2) is 42.5 Å². The summed E-state index contributed by atoms with van der Waals surface area (Å²) in [5.74, 6) is -1.80. The Balaban J connectivity index is 2.26. The first-order chi connectivity index (χ1) is 13.8. The highest BCUT2D eigenvalue weighted by atomic mass is 16.6. The number of hydrogen-bond acceptors (Lipinski definition) is 7. The average Bonchev–Trinajstić information content (AvgIpc) is 2.72. The molecule has 0 fully saturated rings. The molecule has 2 rings (SSSR count). The minimum atomic E-state index is -1.17. The van der Waals surface area contributed by atoms with E-state index in [9.17, 15) is 24.5 Å². The highest BCUT2D eigenvalue weighted by molar-refractivity contribution is 5.99. The Morgan fingerprint density at radius 2 is 1.83 bits per heavy atom. The van der Waals surface area contributed by atoms with Gasteiger partial charge in [-0.3, -0.25) is 19.7 Å². The van der Waals surface area contributed by atoms with Crippen LogP contribution < -0.4 is 15.8 Å². The van der Waals surface area contributed by atoms with E-state index in [1.54, 1.807) is 0 Å². The van der Waals surface area contributed by atoms with Gasteiger partial charge in [-0.2, -0.15) is 0 Å². The zero-order chi connectivity index (χ0) is 21.6. The van der Waals surface area contributed by atoms with Gasteiger partial charge in [0, 0.05) is 29.7 Å². The Bertz CT molecular complexity index is 959. The smallest absolute Gasteiger partial charge is 0.337 e. The van der Waals surface area contributed by atoms with Gasteiger partial charge >= 0.3 is 5.97 Å². The second kappa shape index (κ2) is 9.31. The van der Waals surface area contributed by atoms with Crippen LogP contribution >= 0.6 is 0 Å². The predicted molar refractivity (Wildman–Crippen MR) is 102 cm³/mol. The SMILES string of the molecule is COC(=O)c1cccc(C(=O)N[C@@H](Cc2cc([N+](=O)[O-])ccc2OC)C(N)=O)c1. The molecule has 0 bridgehead atoms. The summed E-state index contributed by atoms with van der Waals surface area (Å²) in [7, 11) is 2.59. The van der Waals surface area contributed by atoms with Crippen molar-refractivity contribution in [1.29, 1.82) is 0 Å². The van der Waals surface area contributed by atoms with E-state index < -0.39 is 28.7 Å². The maximum atomic E-state index is 12.5. The molecule has 1 atom stereocenters. The number of nitro groups is 1. The fourth-order valence-corrected chi connectivity index (χ4v) is 2.63. The lowest BCUT2D eigenvalue weighted by molar-refractivity contribution is -0.384. The van der Waals surface area contributed by atoms with Crippen molar-refractivity contribution in [1.82, 2.24) is 5.32 Å². The number of nitrogens with one attached hydrogen (secondary N) is 1. The second-order valence-electron chi connectivity index (χ2n) is 5.96. The molecule has 2 aromatic rings. The van der Waals surface area contributed by atoms with Gasteiger partial charge in [-0.15, -0.1) is 0 Å². The van der Waals surface area contributed by atoms with Gasteiger partial charge in [0.2, 0.25) is 5.91 Å². The zero-order valence-corrected chi connectivity index (χ0v) is 15.7. The summed E-state index contributed by atoms with van der Waals surface area (Å²) in [6.45, 7) is 0. The maximum Gasteiger partial charge on any atom is 0.337 e. The van der Waals surface area contributed by atoms with Gasteiger partial charge in [-0.25, -0.2) is 4.79 Å². The van der Waals surface area contributed by atoms with E-state index in [-0.39, 0.29) is 23.2 Å². The molecule has 0 spiro atoms. The van der Waals surface area contributed by atoms with Crippen LogP contribution in [0.1, 0.15) is 26.3 Å². The number of methoxy groups -OCH3 is 2. The number of carbonyl (C=O) groups is 3. The van der Waals surface area contributed by atoms with Crippen LogP contribution in [-0.4, -0.2) is 43.0 Å². The summed E-state index contributed by atoms with van der Waals surface area (Å²) < 4.78 is 9.78. The molecule has 0 saturated carbocycles. The number of nitrogens with zero attached hydrogens (tertiary/aromatic N) is 1. The lowest BCUT2D eigenvalue weighted by atomic mass is 10.0. The Kier molecular flexibility index (Phi) is 6.85. The molecule has 3 N–H and O–H groups in total. The van der Waals surface area contributed by atoms with E-state index in [1.807, 2.05) is 0 Å². The van der Waals surface area contributed by atoms with Crippen molar-refractivity contribution in [2.45, 2.75) is 12.5 Å². The molecule has 29 heavy (non-hydrogen) atoms. The fraction of sp³-hybridized carbons (Fsp3) is 0.211. The van der Waals surface area contributed by atoms with Crippen LogP contribution in [0.2, 0.25) is 0 Å². The summed E-state index contributed by atoms with van der Waals surface area (Å²) in [4.78, 5) is 46.4. The van der Waals surface area contributed by atoms with Crippen LogP contribution in [0.4, 0.5) is 5.69 Å². The first-order valence-electron chi connectivity index (χ1n) is 8.36. The predicted octanol–water partition coefficient (Wildman–Crippen LogP) is 1.22. The van der Waals surface area contributed by atoms with Crippen LogP contribution in [0.5, 0.6) is 5.75 Å². The molecule has 2 amide bonds. The number of primary amides is 1. The van der Waals surface area contributed by atoms with Crippen molar-refractivity contribution < 1.29 is 28.8 Å². The number of ether oxygens (including phenoxy) is 2. The standard InChI is InChI=1S/C19H19N3O7/c1-28-16-7-6-14(22(26)27)9-13(16)10-15(17(20)23)21-18(24)11-4-3-5-12(8-11)19(25)29-2/h3-9,15H,10H2,1-2H3,(H2,20,23)(H,21,24)/t15-/m0/s1. The number of amides is 2. The third-order valence-electron chi connectivity index (χ3n) is 4.09. The molecule has 0 aliphatic heterocycles. The number of rotatable bonds is 8. The molecule has 0 aromatic heterocycles. The third kappa shape index (κ3) is 5.28. The Hall–Kier alpha value is -3.95. The number of esters is 1.